The summed E-state index contributed by atoms with van der Waals surface area (Å²) in [5, 5.41) is 22.9. The van der Waals surface area contributed by atoms with Crippen LogP contribution in [0.25, 0.3) is 22.3 Å². The molecule has 1 amide bonds. The lowest BCUT2D eigenvalue weighted by Gasteiger charge is -2.32. The highest BCUT2D eigenvalue weighted by atomic mass is 16.7. The molecular weight excluding hydrogens is 692 g/mol. The number of hydrogen-bond donors (Lipinski definition) is 3. The molecule has 3 unspecified atom stereocenters. The van der Waals surface area contributed by atoms with E-state index in [1.165, 1.54) is 6.07 Å². The van der Waals surface area contributed by atoms with Crippen molar-refractivity contribution < 1.29 is 53.1 Å². The second kappa shape index (κ2) is 16.4. The number of aromatic hydroxyl groups is 1. The number of ether oxygens (including phenoxy) is 5. The fourth-order valence-electron chi connectivity index (χ4n) is 6.26. The number of hydrogen-bond acceptors (Lipinski definition) is 14. The number of aliphatic hydroxyl groups is 1. The molecule has 0 bridgehead atoms. The van der Waals surface area contributed by atoms with Gasteiger partial charge in [0.25, 0.3) is 5.56 Å². The summed E-state index contributed by atoms with van der Waals surface area (Å²) < 4.78 is 29.1. The molecule has 0 spiro atoms. The minimum absolute atomic E-state index is 0.0994. The van der Waals surface area contributed by atoms with Gasteiger partial charge in [0.05, 0.1) is 41.2 Å². The Morgan fingerprint density at radius 1 is 1.11 bits per heavy atom. The number of cyclic esters (lactones) is 1. The topological polar surface area (TPSA) is 205 Å². The van der Waals surface area contributed by atoms with Crippen molar-refractivity contribution in [1.82, 2.24) is 19.8 Å². The third-order valence-electron chi connectivity index (χ3n) is 8.76. The lowest BCUT2D eigenvalue weighted by Crippen LogP contribution is -2.42. The number of nitrogens with zero attached hydrogens (tertiary/aromatic N) is 3. The Bertz CT molecular complexity index is 1950. The van der Waals surface area contributed by atoms with E-state index in [9.17, 15) is 34.2 Å². The molecule has 2 aromatic heterocycles. The first-order chi connectivity index (χ1) is 25.1. The van der Waals surface area contributed by atoms with E-state index in [1.54, 1.807) is 41.8 Å². The standard InChI is InChI=1S/C37H46N4O12/c1-7-21-22-13-20(43)11-12-26(22)39-33-24(21)16-41-27(33)14-23-25(35(41)47)18-50-36(48)34(23)52-31(46)15-38-28(44)9-8-10-30(45)49-19-32(53-37(2,3)4)51-29(17-42)40(5)6/h11-14,29,32,34,42-43H,7-10,15-19H2,1-6H3,(H,38,44). The summed E-state index contributed by atoms with van der Waals surface area (Å²) in [6, 6.07) is 6.50. The van der Waals surface area contributed by atoms with Gasteiger partial charge in [-0.3, -0.25) is 24.1 Å². The maximum atomic E-state index is 13.7. The fraction of sp³-hybridized carbons (Fsp3) is 0.514. The number of carbonyl (C=O) groups is 4. The molecule has 3 N–H and O–H groups in total. The largest absolute Gasteiger partial charge is 0.508 e. The van der Waals surface area contributed by atoms with Crippen molar-refractivity contribution in [3.05, 3.63) is 56.9 Å². The molecule has 53 heavy (non-hydrogen) atoms. The molecule has 16 heteroatoms. The quantitative estimate of drug-likeness (QED) is 0.0909. The predicted octanol–water partition coefficient (Wildman–Crippen LogP) is 2.20. The monoisotopic (exact) mass is 738 g/mol. The number of nitrogens with one attached hydrogen (secondary N) is 1. The SMILES string of the molecule is CCc1c2c(nc3ccc(O)cc13)-c1cc3c(c(=O)n1C2)COC(=O)C3OC(=O)CNC(=O)CCCC(=O)OCC(OC(CO)N(C)C)OC(C)(C)C. The molecule has 3 atom stereocenters. The van der Waals surface area contributed by atoms with Gasteiger partial charge in [0.2, 0.25) is 12.0 Å². The smallest absolute Gasteiger partial charge is 0.352 e. The zero-order chi connectivity index (χ0) is 38.6. The van der Waals surface area contributed by atoms with E-state index in [1.807, 2.05) is 27.7 Å². The van der Waals surface area contributed by atoms with Crippen molar-refractivity contribution in [3.63, 3.8) is 0 Å². The highest BCUT2D eigenvalue weighted by Crippen LogP contribution is 2.39. The first-order valence-electron chi connectivity index (χ1n) is 17.4. The van der Waals surface area contributed by atoms with E-state index in [2.05, 4.69) is 5.32 Å². The third-order valence-corrected chi connectivity index (χ3v) is 8.76. The Hall–Kier alpha value is -4.90. The number of fused-ring (bicyclic) bond motifs is 5. The van der Waals surface area contributed by atoms with Gasteiger partial charge >= 0.3 is 17.9 Å². The molecule has 0 aliphatic carbocycles. The maximum Gasteiger partial charge on any atom is 0.352 e. The fourth-order valence-corrected chi connectivity index (χ4v) is 6.26. The number of phenolic OH excluding ortho intramolecular Hbond substituents is 1. The Labute approximate surface area is 305 Å². The highest BCUT2D eigenvalue weighted by molar-refractivity contribution is 5.90. The van der Waals surface area contributed by atoms with Crippen LogP contribution < -0.4 is 10.9 Å². The van der Waals surface area contributed by atoms with Gasteiger partial charge < -0.3 is 43.8 Å². The van der Waals surface area contributed by atoms with Crippen LogP contribution in [0.5, 0.6) is 5.75 Å². The van der Waals surface area contributed by atoms with Crippen LogP contribution in [-0.4, -0.2) is 100 Å². The molecule has 2 aliphatic heterocycles. The van der Waals surface area contributed by atoms with Crippen LogP contribution in [0.15, 0.2) is 29.1 Å². The number of benzene rings is 1. The van der Waals surface area contributed by atoms with Crippen LogP contribution in [0.1, 0.15) is 75.3 Å². The summed E-state index contributed by atoms with van der Waals surface area (Å²) in [6.07, 6.45) is -2.63. The van der Waals surface area contributed by atoms with E-state index in [4.69, 9.17) is 28.7 Å². The summed E-state index contributed by atoms with van der Waals surface area (Å²) in [7, 11) is 3.44. The molecule has 2 aliphatic rings. The third kappa shape index (κ3) is 9.19. The van der Waals surface area contributed by atoms with E-state index in [0.717, 1.165) is 16.5 Å². The van der Waals surface area contributed by atoms with E-state index >= 15 is 0 Å². The Morgan fingerprint density at radius 2 is 1.87 bits per heavy atom. The molecule has 286 valence electrons. The van der Waals surface area contributed by atoms with Crippen LogP contribution in [0.2, 0.25) is 0 Å². The van der Waals surface area contributed by atoms with E-state index in [-0.39, 0.29) is 62.5 Å². The number of aryl methyl sites for hydroxylation is 1. The average molecular weight is 739 g/mol. The second-order valence-electron chi connectivity index (χ2n) is 14.0. The lowest BCUT2D eigenvalue weighted by atomic mass is 9.97. The molecule has 0 saturated carbocycles. The summed E-state index contributed by atoms with van der Waals surface area (Å²) >= 11 is 0. The molecule has 0 radical (unpaired) electrons. The van der Waals surface area contributed by atoms with Crippen LogP contribution in [0.3, 0.4) is 0 Å². The Balaban J connectivity index is 1.17. The number of aliphatic hydroxyl groups excluding tert-OH is 1. The summed E-state index contributed by atoms with van der Waals surface area (Å²) in [6.45, 7) is 6.25. The maximum absolute atomic E-state index is 13.7. The lowest BCUT2D eigenvalue weighted by molar-refractivity contribution is -0.256. The van der Waals surface area contributed by atoms with Crippen molar-refractivity contribution in [2.75, 3.05) is 33.9 Å². The number of esters is 3. The molecule has 1 aromatic carbocycles. The molecule has 0 saturated heterocycles. The highest BCUT2D eigenvalue weighted by Gasteiger charge is 2.38. The Morgan fingerprint density at radius 3 is 2.55 bits per heavy atom. The molecule has 16 nitrogen and oxygen atoms in total. The van der Waals surface area contributed by atoms with Gasteiger partial charge in [-0.1, -0.05) is 6.92 Å². The summed E-state index contributed by atoms with van der Waals surface area (Å²) in [5.41, 5.74) is 2.75. The zero-order valence-corrected chi connectivity index (χ0v) is 30.7. The second-order valence-corrected chi connectivity index (χ2v) is 14.0. The number of aromatic nitrogens is 2. The molecular formula is C37H46N4O12. The number of rotatable bonds is 15. The van der Waals surface area contributed by atoms with E-state index < -0.39 is 60.1 Å². The summed E-state index contributed by atoms with van der Waals surface area (Å²) in [4.78, 5) is 70.7. The van der Waals surface area contributed by atoms with Crippen molar-refractivity contribution in [3.8, 4) is 17.1 Å². The van der Waals surface area contributed by atoms with Gasteiger partial charge in [0, 0.05) is 29.4 Å². The normalized spacial score (nSPS) is 16.0. The van der Waals surface area contributed by atoms with Crippen LogP contribution >= 0.6 is 0 Å². The van der Waals surface area contributed by atoms with Gasteiger partial charge in [-0.15, -0.1) is 0 Å². The first-order valence-corrected chi connectivity index (χ1v) is 17.4. The van der Waals surface area contributed by atoms with Crippen molar-refractivity contribution >= 4 is 34.7 Å². The van der Waals surface area contributed by atoms with Gasteiger partial charge in [-0.25, -0.2) is 9.78 Å². The number of amides is 1. The van der Waals surface area contributed by atoms with Crippen LogP contribution in [-0.2, 0) is 62.4 Å². The van der Waals surface area contributed by atoms with Crippen LogP contribution in [0, 0.1) is 0 Å². The van der Waals surface area contributed by atoms with Gasteiger partial charge in [0.1, 0.15) is 31.7 Å². The minimum Gasteiger partial charge on any atom is -0.508 e. The molecule has 3 aromatic rings. The number of likely N-dealkylation sites (N-methyl/N-ethyl adjacent to an activating group) is 1. The number of phenols is 1. The first kappa shape index (κ1) is 39.3. The van der Waals surface area contributed by atoms with Crippen molar-refractivity contribution in [2.24, 2.45) is 0 Å². The molecule has 0 fully saturated rings. The minimum atomic E-state index is -1.54. The molecule has 4 heterocycles. The molecule has 5 rings (SSSR count). The number of carbonyl (C=O) groups excluding carboxylic acids is 4. The Kier molecular flexibility index (Phi) is 12.2. The van der Waals surface area contributed by atoms with Gasteiger partial charge in [-0.05, 0) is 77.5 Å². The van der Waals surface area contributed by atoms with E-state index in [0.29, 0.717) is 23.3 Å². The zero-order valence-electron chi connectivity index (χ0n) is 30.7. The van der Waals surface area contributed by atoms with Gasteiger partial charge in [0.15, 0.2) is 6.29 Å². The predicted molar refractivity (Wildman–Crippen MR) is 188 cm³/mol. The van der Waals surface area contributed by atoms with Crippen LogP contribution in [0.4, 0.5) is 0 Å². The summed E-state index contributed by atoms with van der Waals surface area (Å²) in [5.74, 6) is -2.83. The van der Waals surface area contributed by atoms with Crippen molar-refractivity contribution in [1.29, 1.82) is 0 Å². The number of pyridine rings is 2. The average Bonchev–Trinajstić information content (AvgIpc) is 3.46. The van der Waals surface area contributed by atoms with Crippen molar-refractivity contribution in [2.45, 2.75) is 90.8 Å². The van der Waals surface area contributed by atoms with Gasteiger partial charge in [-0.2, -0.15) is 0 Å².